The first kappa shape index (κ1) is 15.7. The van der Waals surface area contributed by atoms with Gasteiger partial charge < -0.3 is 15.0 Å². The molecule has 0 unspecified atom stereocenters. The maximum Gasteiger partial charge on any atom is 0.223 e. The molecule has 1 aromatic carbocycles. The number of Topliss-reactive ketones (excluding diaryl/α,β-unsaturated/α-hetero) is 1. The highest BCUT2D eigenvalue weighted by molar-refractivity contribution is 5.99. The number of carbonyl (C=O) groups excluding carboxylic acids is 2. The lowest BCUT2D eigenvalue weighted by molar-refractivity contribution is -0.116. The van der Waals surface area contributed by atoms with E-state index in [1.807, 2.05) is 12.1 Å². The first-order valence-corrected chi connectivity index (χ1v) is 7.27. The van der Waals surface area contributed by atoms with Gasteiger partial charge in [0.2, 0.25) is 5.91 Å². The molecule has 0 spiro atoms. The zero-order valence-corrected chi connectivity index (χ0v) is 12.6. The van der Waals surface area contributed by atoms with Gasteiger partial charge in [0.25, 0.3) is 0 Å². The van der Waals surface area contributed by atoms with Gasteiger partial charge in [0.15, 0.2) is 5.78 Å². The fourth-order valence-corrected chi connectivity index (χ4v) is 2.55. The predicted molar refractivity (Wildman–Crippen MR) is 81.9 cm³/mol. The van der Waals surface area contributed by atoms with Gasteiger partial charge in [-0.2, -0.15) is 0 Å². The number of fused-ring (bicyclic) bond motifs is 1. The molecule has 1 heterocycles. The summed E-state index contributed by atoms with van der Waals surface area (Å²) in [4.78, 5) is 25.4. The zero-order chi connectivity index (χ0) is 15.2. The van der Waals surface area contributed by atoms with Crippen molar-refractivity contribution in [3.05, 3.63) is 29.3 Å². The fourth-order valence-electron chi connectivity index (χ4n) is 2.55. The maximum absolute atomic E-state index is 12.1. The third-order valence-corrected chi connectivity index (χ3v) is 3.66. The molecule has 1 aromatic rings. The molecule has 5 heteroatoms. The number of carbonyl (C=O) groups is 2. The molecule has 1 N–H and O–H groups in total. The maximum atomic E-state index is 12.1. The number of hydrogen-bond donors (Lipinski definition) is 1. The molecule has 0 saturated carbocycles. The minimum Gasteiger partial charge on any atom is -0.385 e. The smallest absolute Gasteiger partial charge is 0.223 e. The summed E-state index contributed by atoms with van der Waals surface area (Å²) < 4.78 is 4.96. The Bertz CT molecular complexity index is 528. The molecule has 0 saturated heterocycles. The number of ketones is 1. The van der Waals surface area contributed by atoms with Crippen LogP contribution in [0.5, 0.6) is 0 Å². The topological polar surface area (TPSA) is 58.6 Å². The number of nitrogens with one attached hydrogen (secondary N) is 1. The molecule has 0 aromatic heterocycles. The molecule has 1 amide bonds. The standard InChI is InChI=1S/C16H22N2O3/c1-12(19)18-8-6-13-10-14(4-5-15(13)18)16(20)11-17-7-3-9-21-2/h4-5,10,17H,3,6-9,11H2,1-2H3. The van der Waals surface area contributed by atoms with Gasteiger partial charge in [-0.3, -0.25) is 9.59 Å². The molecular weight excluding hydrogens is 268 g/mol. The van der Waals surface area contributed by atoms with Crippen LogP contribution in [0.4, 0.5) is 5.69 Å². The van der Waals surface area contributed by atoms with Crippen molar-refractivity contribution in [2.45, 2.75) is 19.8 Å². The van der Waals surface area contributed by atoms with Crippen molar-refractivity contribution in [1.82, 2.24) is 5.32 Å². The van der Waals surface area contributed by atoms with Crippen LogP contribution < -0.4 is 10.2 Å². The lowest BCUT2D eigenvalue weighted by Crippen LogP contribution is -2.26. The second-order valence-electron chi connectivity index (χ2n) is 5.21. The van der Waals surface area contributed by atoms with Crippen LogP contribution >= 0.6 is 0 Å². The van der Waals surface area contributed by atoms with E-state index in [1.54, 1.807) is 25.0 Å². The summed E-state index contributed by atoms with van der Waals surface area (Å²) in [5, 5.41) is 3.12. The SMILES string of the molecule is COCCCNCC(=O)c1ccc2c(c1)CCN2C(C)=O. The van der Waals surface area contributed by atoms with Crippen LogP contribution in [-0.2, 0) is 16.0 Å². The molecule has 1 aliphatic rings. The van der Waals surface area contributed by atoms with Crippen molar-refractivity contribution in [2.75, 3.05) is 38.3 Å². The van der Waals surface area contributed by atoms with Crippen LogP contribution in [0, 0.1) is 0 Å². The Kier molecular flexibility index (Phi) is 5.47. The highest BCUT2D eigenvalue weighted by Gasteiger charge is 2.22. The number of ether oxygens (including phenoxy) is 1. The normalized spacial score (nSPS) is 13.3. The number of amides is 1. The molecule has 114 valence electrons. The summed E-state index contributed by atoms with van der Waals surface area (Å²) in [7, 11) is 1.67. The Hall–Kier alpha value is -1.72. The van der Waals surface area contributed by atoms with Gasteiger partial charge in [0, 0.05) is 38.4 Å². The van der Waals surface area contributed by atoms with Gasteiger partial charge in [-0.05, 0) is 43.1 Å². The van der Waals surface area contributed by atoms with Gasteiger partial charge in [-0.15, -0.1) is 0 Å². The highest BCUT2D eigenvalue weighted by atomic mass is 16.5. The molecule has 1 aliphatic heterocycles. The van der Waals surface area contributed by atoms with Gasteiger partial charge in [-0.25, -0.2) is 0 Å². The summed E-state index contributed by atoms with van der Waals surface area (Å²) in [6.45, 7) is 4.07. The average molecular weight is 290 g/mol. The van der Waals surface area contributed by atoms with E-state index in [9.17, 15) is 9.59 Å². The third-order valence-electron chi connectivity index (χ3n) is 3.66. The number of anilines is 1. The molecule has 0 atom stereocenters. The van der Waals surface area contributed by atoms with E-state index in [1.165, 1.54) is 0 Å². The molecule has 0 radical (unpaired) electrons. The molecule has 0 bridgehead atoms. The summed E-state index contributed by atoms with van der Waals surface area (Å²) in [6.07, 6.45) is 1.71. The van der Waals surface area contributed by atoms with E-state index < -0.39 is 0 Å². The Labute approximate surface area is 125 Å². The fraction of sp³-hybridized carbons (Fsp3) is 0.500. The Morgan fingerprint density at radius 2 is 2.19 bits per heavy atom. The minimum absolute atomic E-state index is 0.0487. The first-order chi connectivity index (χ1) is 10.1. The number of benzene rings is 1. The van der Waals surface area contributed by atoms with E-state index in [4.69, 9.17) is 4.74 Å². The van der Waals surface area contributed by atoms with Crippen LogP contribution in [0.2, 0.25) is 0 Å². The van der Waals surface area contributed by atoms with Crippen LogP contribution in [0.1, 0.15) is 29.3 Å². The molecular formula is C16H22N2O3. The molecule has 5 nitrogen and oxygen atoms in total. The van der Waals surface area contributed by atoms with E-state index in [0.29, 0.717) is 25.3 Å². The van der Waals surface area contributed by atoms with Crippen molar-refractivity contribution in [2.24, 2.45) is 0 Å². The van der Waals surface area contributed by atoms with E-state index >= 15 is 0 Å². The zero-order valence-electron chi connectivity index (χ0n) is 12.6. The first-order valence-electron chi connectivity index (χ1n) is 7.27. The van der Waals surface area contributed by atoms with E-state index in [-0.39, 0.29) is 11.7 Å². The summed E-state index contributed by atoms with van der Waals surface area (Å²) >= 11 is 0. The number of nitrogens with zero attached hydrogens (tertiary/aromatic N) is 1. The summed E-state index contributed by atoms with van der Waals surface area (Å²) in [6, 6.07) is 5.60. The van der Waals surface area contributed by atoms with Crippen molar-refractivity contribution >= 4 is 17.4 Å². The van der Waals surface area contributed by atoms with Crippen molar-refractivity contribution in [1.29, 1.82) is 0 Å². The largest absolute Gasteiger partial charge is 0.385 e. The van der Waals surface area contributed by atoms with Crippen molar-refractivity contribution < 1.29 is 14.3 Å². The Morgan fingerprint density at radius 3 is 2.90 bits per heavy atom. The second-order valence-corrected chi connectivity index (χ2v) is 5.21. The van der Waals surface area contributed by atoms with Crippen molar-refractivity contribution in [3.8, 4) is 0 Å². The molecule has 21 heavy (non-hydrogen) atoms. The van der Waals surface area contributed by atoms with E-state index in [0.717, 1.165) is 30.6 Å². The Balaban J connectivity index is 1.93. The number of methoxy groups -OCH3 is 1. The molecule has 2 rings (SSSR count). The summed E-state index contributed by atoms with van der Waals surface area (Å²) in [5.41, 5.74) is 2.72. The van der Waals surface area contributed by atoms with Crippen LogP contribution in [0.3, 0.4) is 0 Å². The quantitative estimate of drug-likeness (QED) is 0.609. The van der Waals surface area contributed by atoms with Crippen LogP contribution in [0.15, 0.2) is 18.2 Å². The lowest BCUT2D eigenvalue weighted by atomic mass is 10.1. The van der Waals surface area contributed by atoms with Crippen molar-refractivity contribution in [3.63, 3.8) is 0 Å². The highest BCUT2D eigenvalue weighted by Crippen LogP contribution is 2.28. The Morgan fingerprint density at radius 1 is 1.38 bits per heavy atom. The minimum atomic E-state index is 0.0487. The van der Waals surface area contributed by atoms with E-state index in [2.05, 4.69) is 5.32 Å². The third kappa shape index (κ3) is 3.89. The number of hydrogen-bond acceptors (Lipinski definition) is 4. The predicted octanol–water partition coefficient (Wildman–Crippen LogP) is 1.40. The summed E-state index contributed by atoms with van der Waals surface area (Å²) in [5.74, 6) is 0.129. The second kappa shape index (κ2) is 7.33. The lowest BCUT2D eigenvalue weighted by Gasteiger charge is -2.14. The van der Waals surface area contributed by atoms with Crippen LogP contribution in [0.25, 0.3) is 0 Å². The van der Waals surface area contributed by atoms with Gasteiger partial charge in [0.1, 0.15) is 0 Å². The van der Waals surface area contributed by atoms with Gasteiger partial charge >= 0.3 is 0 Å². The molecule has 0 fully saturated rings. The van der Waals surface area contributed by atoms with Gasteiger partial charge in [-0.1, -0.05) is 0 Å². The molecule has 0 aliphatic carbocycles. The van der Waals surface area contributed by atoms with Gasteiger partial charge in [0.05, 0.1) is 6.54 Å². The average Bonchev–Trinajstić information content (AvgIpc) is 2.90. The number of rotatable bonds is 7. The monoisotopic (exact) mass is 290 g/mol. The van der Waals surface area contributed by atoms with Crippen LogP contribution in [-0.4, -0.2) is 45.0 Å².